The number of para-hydroxylation sites is 2. The number of phenolic OH excluding ortho intramolecular Hbond substituents is 1. The molecule has 2 aromatic heterocycles. The normalized spacial score (nSPS) is 10.9. The first-order valence-electron chi connectivity index (χ1n) is 9.57. The molecule has 0 aliphatic heterocycles. The summed E-state index contributed by atoms with van der Waals surface area (Å²) in [6.07, 6.45) is 1.52. The lowest BCUT2D eigenvalue weighted by Crippen LogP contribution is -2.03. The second-order valence-electron chi connectivity index (χ2n) is 6.56. The molecule has 0 atom stereocenters. The summed E-state index contributed by atoms with van der Waals surface area (Å²) < 4.78 is 31.3. The van der Waals surface area contributed by atoms with E-state index in [1.807, 2.05) is 6.92 Å². The number of pyridine rings is 1. The number of nitrogens with zero attached hydrogens (tertiary/aromatic N) is 2. The lowest BCUT2D eigenvalue weighted by molar-refractivity contribution is 0.0315. The zero-order chi connectivity index (χ0) is 21.8. The van der Waals surface area contributed by atoms with Crippen molar-refractivity contribution in [3.05, 3.63) is 83.1 Å². The van der Waals surface area contributed by atoms with E-state index in [9.17, 15) is 14.3 Å². The Balaban J connectivity index is 1.82. The van der Waals surface area contributed by atoms with Crippen molar-refractivity contribution in [3.8, 4) is 39.8 Å². The lowest BCUT2D eigenvalue weighted by atomic mass is 10.0. The minimum Gasteiger partial charge on any atom is -0.504 e. The summed E-state index contributed by atoms with van der Waals surface area (Å²) in [6.45, 7) is 2.26. The summed E-state index contributed by atoms with van der Waals surface area (Å²) in [5, 5.41) is 9.96. The third-order valence-electron chi connectivity index (χ3n) is 4.52. The second-order valence-corrected chi connectivity index (χ2v) is 6.56. The highest BCUT2D eigenvalue weighted by Gasteiger charge is 2.22. The molecule has 4 aromatic rings. The van der Waals surface area contributed by atoms with E-state index in [-0.39, 0.29) is 29.7 Å². The van der Waals surface area contributed by atoms with Crippen LogP contribution in [0.2, 0.25) is 0 Å². The Bertz CT molecular complexity index is 1250. The van der Waals surface area contributed by atoms with Gasteiger partial charge in [0.25, 0.3) is 0 Å². The highest BCUT2D eigenvalue weighted by molar-refractivity contribution is 5.80. The van der Waals surface area contributed by atoms with Crippen LogP contribution >= 0.6 is 0 Å². The Morgan fingerprint density at radius 1 is 1.10 bits per heavy atom. The van der Waals surface area contributed by atoms with Crippen LogP contribution in [0.25, 0.3) is 22.4 Å². The van der Waals surface area contributed by atoms with Crippen LogP contribution in [-0.2, 0) is 11.5 Å². The maximum absolute atomic E-state index is 13.4. The van der Waals surface area contributed by atoms with E-state index >= 15 is 0 Å². The van der Waals surface area contributed by atoms with Crippen molar-refractivity contribution < 1.29 is 23.5 Å². The molecule has 2 heterocycles. The fraction of sp³-hybridized carbons (Fsp3) is 0.130. The Morgan fingerprint density at radius 3 is 2.61 bits per heavy atom. The Labute approximate surface area is 176 Å². The average molecular weight is 422 g/mol. The largest absolute Gasteiger partial charge is 0.504 e. The van der Waals surface area contributed by atoms with Crippen molar-refractivity contribution in [1.29, 1.82) is 0 Å². The van der Waals surface area contributed by atoms with Crippen molar-refractivity contribution >= 4 is 0 Å². The predicted molar refractivity (Wildman–Crippen MR) is 111 cm³/mol. The third-order valence-corrected chi connectivity index (χ3v) is 4.52. The SMILES string of the molecule is CCOCn1oc(=O)c(-c2ccc(F)cc2)c1-c1ccnc(Oc2ccccc2O)c1. The molecule has 0 saturated carbocycles. The molecular weight excluding hydrogens is 403 g/mol. The molecule has 0 saturated heterocycles. The second kappa shape index (κ2) is 8.85. The van der Waals surface area contributed by atoms with Crippen LogP contribution in [0.5, 0.6) is 17.4 Å². The fourth-order valence-electron chi connectivity index (χ4n) is 3.11. The standard InChI is InChI=1S/C23H19FN2O5/c1-2-29-14-26-22(21(23(28)31-26)15-7-9-17(24)10-8-15)16-11-12-25-20(13-16)30-19-6-4-3-5-18(19)27/h3-13,27H,2,14H2,1H3. The summed E-state index contributed by atoms with van der Waals surface area (Å²) >= 11 is 0. The third kappa shape index (κ3) is 4.34. The Morgan fingerprint density at radius 2 is 1.87 bits per heavy atom. The van der Waals surface area contributed by atoms with Crippen molar-refractivity contribution in [2.45, 2.75) is 13.7 Å². The monoisotopic (exact) mass is 422 g/mol. The summed E-state index contributed by atoms with van der Waals surface area (Å²) in [7, 11) is 0. The maximum Gasteiger partial charge on any atom is 0.366 e. The van der Waals surface area contributed by atoms with Crippen LogP contribution in [0, 0.1) is 5.82 Å². The van der Waals surface area contributed by atoms with Gasteiger partial charge in [-0.2, -0.15) is 4.74 Å². The van der Waals surface area contributed by atoms with Gasteiger partial charge in [-0.1, -0.05) is 24.3 Å². The zero-order valence-electron chi connectivity index (χ0n) is 16.6. The topological polar surface area (TPSA) is 86.7 Å². The summed E-state index contributed by atoms with van der Waals surface area (Å²) in [6, 6.07) is 15.4. The molecule has 0 aliphatic carbocycles. The van der Waals surface area contributed by atoms with Crippen LogP contribution in [0.4, 0.5) is 4.39 Å². The van der Waals surface area contributed by atoms with E-state index in [2.05, 4.69) is 4.98 Å². The van der Waals surface area contributed by atoms with Crippen LogP contribution in [0.3, 0.4) is 0 Å². The smallest absolute Gasteiger partial charge is 0.366 e. The molecule has 0 spiro atoms. The molecule has 0 fully saturated rings. The molecular formula is C23H19FN2O5. The van der Waals surface area contributed by atoms with Crippen LogP contribution in [0.15, 0.2) is 76.2 Å². The maximum atomic E-state index is 13.4. The van der Waals surface area contributed by atoms with E-state index in [0.717, 1.165) is 0 Å². The number of aromatic nitrogens is 2. The van der Waals surface area contributed by atoms with Gasteiger partial charge in [0.15, 0.2) is 18.2 Å². The van der Waals surface area contributed by atoms with Crippen LogP contribution in [0.1, 0.15) is 6.92 Å². The van der Waals surface area contributed by atoms with Crippen LogP contribution in [-0.4, -0.2) is 21.4 Å². The van der Waals surface area contributed by atoms with Crippen molar-refractivity contribution in [2.75, 3.05) is 6.61 Å². The Kier molecular flexibility index (Phi) is 5.81. The molecule has 0 bridgehead atoms. The number of phenols is 1. The lowest BCUT2D eigenvalue weighted by Gasteiger charge is -2.11. The molecule has 31 heavy (non-hydrogen) atoms. The fourth-order valence-corrected chi connectivity index (χ4v) is 3.11. The molecule has 1 N–H and O–H groups in total. The molecule has 0 unspecified atom stereocenters. The number of ether oxygens (including phenoxy) is 2. The summed E-state index contributed by atoms with van der Waals surface area (Å²) in [5.41, 5.74) is 1.20. The van der Waals surface area contributed by atoms with Gasteiger partial charge in [-0.15, -0.1) is 0 Å². The minimum absolute atomic E-state index is 0.0141. The van der Waals surface area contributed by atoms with E-state index in [0.29, 0.717) is 23.4 Å². The van der Waals surface area contributed by atoms with E-state index in [4.69, 9.17) is 14.0 Å². The molecule has 0 radical (unpaired) electrons. The first-order chi connectivity index (χ1) is 15.1. The van der Waals surface area contributed by atoms with Gasteiger partial charge in [-0.3, -0.25) is 0 Å². The van der Waals surface area contributed by atoms with Crippen molar-refractivity contribution in [3.63, 3.8) is 0 Å². The number of hydrogen-bond acceptors (Lipinski definition) is 6. The van der Waals surface area contributed by atoms with E-state index < -0.39 is 11.4 Å². The molecule has 158 valence electrons. The molecule has 0 aliphatic rings. The quantitative estimate of drug-likeness (QED) is 0.460. The first kappa shape index (κ1) is 20.4. The number of halogens is 1. The van der Waals surface area contributed by atoms with Gasteiger partial charge in [0.1, 0.15) is 11.5 Å². The molecule has 0 amide bonds. The summed E-state index contributed by atoms with van der Waals surface area (Å²) in [5.74, 6) is 0.00875. The van der Waals surface area contributed by atoms with Gasteiger partial charge in [-0.25, -0.2) is 14.2 Å². The minimum atomic E-state index is -0.582. The van der Waals surface area contributed by atoms with Gasteiger partial charge in [0, 0.05) is 24.4 Å². The van der Waals surface area contributed by atoms with Gasteiger partial charge in [-0.05, 0) is 42.8 Å². The van der Waals surface area contributed by atoms with Crippen molar-refractivity contribution in [2.24, 2.45) is 0 Å². The number of rotatable bonds is 7. The number of hydrogen-bond donors (Lipinski definition) is 1. The van der Waals surface area contributed by atoms with E-state index in [1.165, 1.54) is 41.3 Å². The van der Waals surface area contributed by atoms with Gasteiger partial charge >= 0.3 is 5.63 Å². The van der Waals surface area contributed by atoms with Crippen LogP contribution < -0.4 is 10.4 Å². The predicted octanol–water partition coefficient (Wildman–Crippen LogP) is 4.80. The molecule has 8 heteroatoms. The van der Waals surface area contributed by atoms with E-state index in [1.54, 1.807) is 30.3 Å². The highest BCUT2D eigenvalue weighted by Crippen LogP contribution is 2.34. The molecule has 4 rings (SSSR count). The number of aromatic hydroxyl groups is 1. The summed E-state index contributed by atoms with van der Waals surface area (Å²) in [4.78, 5) is 16.9. The average Bonchev–Trinajstić information content (AvgIpc) is 3.10. The highest BCUT2D eigenvalue weighted by atomic mass is 19.1. The Hall–Kier alpha value is -3.91. The molecule has 7 nitrogen and oxygen atoms in total. The van der Waals surface area contributed by atoms with Gasteiger partial charge in [0.2, 0.25) is 5.88 Å². The van der Waals surface area contributed by atoms with Crippen molar-refractivity contribution in [1.82, 2.24) is 9.72 Å². The van der Waals surface area contributed by atoms with Gasteiger partial charge < -0.3 is 19.1 Å². The molecule has 2 aromatic carbocycles. The number of benzene rings is 2. The van der Waals surface area contributed by atoms with Gasteiger partial charge in [0.05, 0.1) is 5.56 Å². The first-order valence-corrected chi connectivity index (χ1v) is 9.57. The zero-order valence-corrected chi connectivity index (χ0v) is 16.6.